The Hall–Kier alpha value is -1.51. The maximum absolute atomic E-state index is 13.6. The molecule has 4 nitrogen and oxygen atoms in total. The summed E-state index contributed by atoms with van der Waals surface area (Å²) in [7, 11) is 0. The molecule has 1 aliphatic rings. The van der Waals surface area contributed by atoms with Gasteiger partial charge in [0.1, 0.15) is 6.17 Å². The Bertz CT molecular complexity index is 500. The summed E-state index contributed by atoms with van der Waals surface area (Å²) in [5.74, 6) is 0. The summed E-state index contributed by atoms with van der Waals surface area (Å²) >= 11 is 6.11. The van der Waals surface area contributed by atoms with E-state index in [1.165, 1.54) is 6.07 Å². The second-order valence-corrected chi connectivity index (χ2v) is 4.80. The Kier molecular flexibility index (Phi) is 3.60. The normalized spacial score (nSPS) is 23.8. The molecule has 1 heterocycles. The molecule has 6 heteroatoms. The number of piperidine rings is 1. The van der Waals surface area contributed by atoms with E-state index in [-0.39, 0.29) is 6.54 Å². The lowest BCUT2D eigenvalue weighted by Crippen LogP contribution is -2.48. The molecule has 0 unspecified atom stereocenters. The van der Waals surface area contributed by atoms with Gasteiger partial charge >= 0.3 is 0 Å². The molecule has 0 spiro atoms. The average Bonchev–Trinajstić information content (AvgIpc) is 2.36. The van der Waals surface area contributed by atoms with Crippen LogP contribution >= 0.6 is 11.6 Å². The van der Waals surface area contributed by atoms with Crippen molar-refractivity contribution < 1.29 is 4.39 Å². The van der Waals surface area contributed by atoms with E-state index < -0.39 is 12.2 Å². The van der Waals surface area contributed by atoms with E-state index in [9.17, 15) is 4.39 Å². The lowest BCUT2D eigenvalue weighted by atomic mass is 10.0. The van der Waals surface area contributed by atoms with Crippen molar-refractivity contribution in [2.45, 2.75) is 18.6 Å². The summed E-state index contributed by atoms with van der Waals surface area (Å²) < 4.78 is 13.6. The number of halogens is 2. The van der Waals surface area contributed by atoms with Crippen LogP contribution < -0.4 is 16.4 Å². The molecule has 18 heavy (non-hydrogen) atoms. The predicted octanol–water partition coefficient (Wildman–Crippen LogP) is 1.67. The fraction of sp³-hybridized carbons (Fsp3) is 0.417. The van der Waals surface area contributed by atoms with Crippen LogP contribution in [0.15, 0.2) is 12.1 Å². The zero-order valence-electron chi connectivity index (χ0n) is 9.74. The quantitative estimate of drug-likeness (QED) is 0.760. The monoisotopic (exact) mass is 268 g/mol. The molecule has 1 saturated heterocycles. The van der Waals surface area contributed by atoms with Gasteiger partial charge in [-0.3, -0.25) is 0 Å². The summed E-state index contributed by atoms with van der Waals surface area (Å²) in [5, 5.41) is 9.27. The van der Waals surface area contributed by atoms with Crippen molar-refractivity contribution in [1.82, 2.24) is 0 Å². The van der Waals surface area contributed by atoms with Gasteiger partial charge in [0.25, 0.3) is 0 Å². The Labute approximate surface area is 110 Å². The van der Waals surface area contributed by atoms with E-state index in [4.69, 9.17) is 28.3 Å². The number of benzene rings is 1. The number of nitrogen functional groups attached to an aromatic ring is 1. The second-order valence-electron chi connectivity index (χ2n) is 4.42. The van der Waals surface area contributed by atoms with Gasteiger partial charge in [-0.2, -0.15) is 5.26 Å². The van der Waals surface area contributed by atoms with Crippen molar-refractivity contribution in [2.24, 2.45) is 5.73 Å². The van der Waals surface area contributed by atoms with Crippen molar-refractivity contribution in [2.75, 3.05) is 23.7 Å². The maximum Gasteiger partial charge on any atom is 0.133 e. The van der Waals surface area contributed by atoms with Gasteiger partial charge in [0.05, 0.1) is 34.6 Å². The van der Waals surface area contributed by atoms with Crippen molar-refractivity contribution >= 4 is 23.0 Å². The number of alkyl halides is 1. The lowest BCUT2D eigenvalue weighted by molar-refractivity contribution is 0.251. The third kappa shape index (κ3) is 2.35. The Morgan fingerprint density at radius 1 is 1.50 bits per heavy atom. The van der Waals surface area contributed by atoms with Crippen LogP contribution in [0, 0.1) is 11.3 Å². The number of hydrogen-bond donors (Lipinski definition) is 2. The Morgan fingerprint density at radius 3 is 2.83 bits per heavy atom. The Balaban J connectivity index is 2.34. The smallest absolute Gasteiger partial charge is 0.133 e. The third-order valence-electron chi connectivity index (χ3n) is 3.14. The zero-order valence-corrected chi connectivity index (χ0v) is 10.5. The first kappa shape index (κ1) is 12.9. The van der Waals surface area contributed by atoms with Crippen molar-refractivity contribution in [3.63, 3.8) is 0 Å². The molecule has 96 valence electrons. The molecule has 1 aromatic carbocycles. The molecule has 0 saturated carbocycles. The molecular weight excluding hydrogens is 255 g/mol. The molecule has 0 bridgehead atoms. The SMILES string of the molecule is N#Cc1cc(N)c(Cl)c(N2CC[C@H](N)[C@H](F)C2)c1. The number of rotatable bonds is 1. The topological polar surface area (TPSA) is 79.1 Å². The number of anilines is 2. The van der Waals surface area contributed by atoms with Gasteiger partial charge in [-0.05, 0) is 18.6 Å². The first-order valence-corrected chi connectivity index (χ1v) is 6.04. The number of nitrogens with two attached hydrogens (primary N) is 2. The minimum absolute atomic E-state index is 0.176. The summed E-state index contributed by atoms with van der Waals surface area (Å²) in [6.07, 6.45) is -0.546. The highest BCUT2D eigenvalue weighted by Gasteiger charge is 2.28. The molecule has 0 aromatic heterocycles. The van der Waals surface area contributed by atoms with Crippen LogP contribution in [-0.2, 0) is 0 Å². The molecule has 1 aliphatic heterocycles. The van der Waals surface area contributed by atoms with Crippen molar-refractivity contribution in [1.29, 1.82) is 5.26 Å². The van der Waals surface area contributed by atoms with E-state index >= 15 is 0 Å². The zero-order chi connectivity index (χ0) is 13.3. The molecule has 4 N–H and O–H groups in total. The molecule has 2 atom stereocenters. The summed E-state index contributed by atoms with van der Waals surface area (Å²) in [5.41, 5.74) is 12.7. The van der Waals surface area contributed by atoms with Gasteiger partial charge in [-0.1, -0.05) is 11.6 Å². The van der Waals surface area contributed by atoms with Gasteiger partial charge in [0.15, 0.2) is 0 Å². The molecule has 0 radical (unpaired) electrons. The fourth-order valence-corrected chi connectivity index (χ4v) is 2.30. The van der Waals surface area contributed by atoms with Gasteiger partial charge in [0.2, 0.25) is 0 Å². The molecule has 0 aliphatic carbocycles. The van der Waals surface area contributed by atoms with Crippen LogP contribution in [-0.4, -0.2) is 25.3 Å². The molecular formula is C12H14ClFN4. The standard InChI is InChI=1S/C12H14ClFN4/c13-12-10(17)3-7(5-15)4-11(12)18-2-1-9(16)8(14)6-18/h3-4,8-9H,1-2,6,16-17H2/t8-,9+/m1/s1. The average molecular weight is 269 g/mol. The maximum atomic E-state index is 13.6. The van der Waals surface area contributed by atoms with Gasteiger partial charge < -0.3 is 16.4 Å². The highest BCUT2D eigenvalue weighted by atomic mass is 35.5. The summed E-state index contributed by atoms with van der Waals surface area (Å²) in [6, 6.07) is 4.71. The van der Waals surface area contributed by atoms with Crippen LogP contribution in [0.3, 0.4) is 0 Å². The number of hydrogen-bond acceptors (Lipinski definition) is 4. The van der Waals surface area contributed by atoms with Crippen LogP contribution in [0.25, 0.3) is 0 Å². The fourth-order valence-electron chi connectivity index (χ4n) is 2.07. The van der Waals surface area contributed by atoms with Gasteiger partial charge in [0, 0.05) is 12.6 Å². The Morgan fingerprint density at radius 2 is 2.22 bits per heavy atom. The summed E-state index contributed by atoms with van der Waals surface area (Å²) in [6.45, 7) is 0.783. The summed E-state index contributed by atoms with van der Waals surface area (Å²) in [4.78, 5) is 1.79. The van der Waals surface area contributed by atoms with Crippen molar-refractivity contribution in [3.8, 4) is 6.07 Å². The first-order valence-electron chi connectivity index (χ1n) is 5.66. The molecule has 2 rings (SSSR count). The molecule has 0 amide bonds. The predicted molar refractivity (Wildman–Crippen MR) is 70.3 cm³/mol. The van der Waals surface area contributed by atoms with Crippen molar-refractivity contribution in [3.05, 3.63) is 22.7 Å². The molecule has 1 fully saturated rings. The van der Waals surface area contributed by atoms with Gasteiger partial charge in [-0.15, -0.1) is 0 Å². The second kappa shape index (κ2) is 5.01. The lowest BCUT2D eigenvalue weighted by Gasteiger charge is -2.35. The van der Waals surface area contributed by atoms with E-state index in [0.29, 0.717) is 34.9 Å². The minimum Gasteiger partial charge on any atom is -0.397 e. The number of nitriles is 1. The highest BCUT2D eigenvalue weighted by Crippen LogP contribution is 2.34. The van der Waals surface area contributed by atoms with E-state index in [1.54, 1.807) is 11.0 Å². The number of nitrogens with zero attached hydrogens (tertiary/aromatic N) is 2. The van der Waals surface area contributed by atoms with Gasteiger partial charge in [-0.25, -0.2) is 4.39 Å². The van der Waals surface area contributed by atoms with Crippen LogP contribution in [0.5, 0.6) is 0 Å². The van der Waals surface area contributed by atoms with E-state index in [0.717, 1.165) is 0 Å². The first-order chi connectivity index (χ1) is 8.52. The molecule has 1 aromatic rings. The van der Waals surface area contributed by atoms with Crippen LogP contribution in [0.2, 0.25) is 5.02 Å². The minimum atomic E-state index is -1.10. The van der Waals surface area contributed by atoms with E-state index in [2.05, 4.69) is 0 Å². The largest absolute Gasteiger partial charge is 0.397 e. The van der Waals surface area contributed by atoms with Crippen LogP contribution in [0.4, 0.5) is 15.8 Å². The third-order valence-corrected chi connectivity index (χ3v) is 3.55. The highest BCUT2D eigenvalue weighted by molar-refractivity contribution is 6.35. The van der Waals surface area contributed by atoms with Crippen LogP contribution in [0.1, 0.15) is 12.0 Å². The van der Waals surface area contributed by atoms with E-state index in [1.807, 2.05) is 6.07 Å².